The molecular weight excluding hydrogens is 571 g/mol. The first-order valence-corrected chi connectivity index (χ1v) is 15.7. The monoisotopic (exact) mass is 608 g/mol. The SMILES string of the molecule is CN(C)c1ccc(S(=O)(=O)N2CCC(C3CCN4C(C3)C(C(=O)NCc3ccccc3)C(C(F)(F)F)[N+]4=O)CC2)cc1. The maximum absolute atomic E-state index is 14.1. The highest BCUT2D eigenvalue weighted by atomic mass is 32.2. The number of alkyl halides is 3. The molecule has 0 aliphatic carbocycles. The highest BCUT2D eigenvalue weighted by Crippen LogP contribution is 2.45. The lowest BCUT2D eigenvalue weighted by Gasteiger charge is -2.39. The molecule has 1 amide bonds. The normalized spacial score (nSPS) is 25.7. The third kappa shape index (κ3) is 5.98. The highest BCUT2D eigenvalue weighted by Gasteiger charge is 2.70. The Morgan fingerprint density at radius 2 is 1.60 bits per heavy atom. The van der Waals surface area contributed by atoms with Crippen LogP contribution in [0, 0.1) is 22.7 Å². The quantitative estimate of drug-likeness (QED) is 0.481. The second-order valence-electron chi connectivity index (χ2n) is 11.7. The molecule has 4 atom stereocenters. The summed E-state index contributed by atoms with van der Waals surface area (Å²) in [6.07, 6.45) is -2.93. The number of anilines is 1. The van der Waals surface area contributed by atoms with Gasteiger partial charge in [0.05, 0.1) is 16.3 Å². The van der Waals surface area contributed by atoms with E-state index in [9.17, 15) is 31.3 Å². The van der Waals surface area contributed by atoms with Gasteiger partial charge in [-0.1, -0.05) is 30.3 Å². The lowest BCUT2D eigenvalue weighted by Crippen LogP contribution is -2.49. The number of carbonyl (C=O) groups excluding carboxylic acids is 1. The predicted octanol–water partition coefficient (Wildman–Crippen LogP) is 3.80. The van der Waals surface area contributed by atoms with Crippen LogP contribution in [0.25, 0.3) is 0 Å². The molecule has 3 saturated heterocycles. The second-order valence-corrected chi connectivity index (χ2v) is 13.6. The summed E-state index contributed by atoms with van der Waals surface area (Å²) in [4.78, 5) is 28.2. The van der Waals surface area contributed by atoms with Gasteiger partial charge in [-0.15, -0.1) is 5.01 Å². The van der Waals surface area contributed by atoms with Crippen LogP contribution in [-0.2, 0) is 21.4 Å². The zero-order valence-corrected chi connectivity index (χ0v) is 24.5. The maximum atomic E-state index is 14.1. The van der Waals surface area contributed by atoms with E-state index in [0.29, 0.717) is 32.4 Å². The summed E-state index contributed by atoms with van der Waals surface area (Å²) in [6, 6.07) is 12.3. The van der Waals surface area contributed by atoms with Crippen LogP contribution in [0.2, 0.25) is 0 Å². The number of fused-ring (bicyclic) bond motifs is 1. The minimum absolute atomic E-state index is 0.0136. The van der Waals surface area contributed by atoms with E-state index in [1.54, 1.807) is 54.6 Å². The molecule has 2 aromatic rings. The third-order valence-electron chi connectivity index (χ3n) is 9.01. The number of benzene rings is 2. The molecule has 4 unspecified atom stereocenters. The molecule has 3 aliphatic rings. The second kappa shape index (κ2) is 11.8. The predicted molar refractivity (Wildman–Crippen MR) is 151 cm³/mol. The first-order valence-electron chi connectivity index (χ1n) is 14.3. The van der Waals surface area contributed by atoms with Crippen LogP contribution in [0.5, 0.6) is 0 Å². The van der Waals surface area contributed by atoms with E-state index in [0.717, 1.165) is 11.3 Å². The number of hydrogen-bond acceptors (Lipinski definition) is 5. The van der Waals surface area contributed by atoms with Gasteiger partial charge in [0.2, 0.25) is 15.9 Å². The lowest BCUT2D eigenvalue weighted by atomic mass is 9.74. The molecule has 3 heterocycles. The van der Waals surface area contributed by atoms with Crippen molar-refractivity contribution in [3.63, 3.8) is 0 Å². The third-order valence-corrected chi connectivity index (χ3v) is 10.9. The van der Waals surface area contributed by atoms with E-state index in [-0.39, 0.29) is 41.1 Å². The van der Waals surface area contributed by atoms with E-state index in [4.69, 9.17) is 0 Å². The average molecular weight is 609 g/mol. The Hall–Kier alpha value is -3.19. The fourth-order valence-corrected chi connectivity index (χ4v) is 8.20. The molecular formula is C29H37F3N5O4S+. The number of nitrogens with one attached hydrogen (secondary N) is 1. The van der Waals surface area contributed by atoms with Crippen LogP contribution in [0.3, 0.4) is 0 Å². The van der Waals surface area contributed by atoms with Crippen molar-refractivity contribution < 1.29 is 31.3 Å². The van der Waals surface area contributed by atoms with E-state index in [1.165, 1.54) is 9.31 Å². The molecule has 0 radical (unpaired) electrons. The Morgan fingerprint density at radius 1 is 0.976 bits per heavy atom. The molecule has 2 aromatic carbocycles. The molecule has 3 aliphatic heterocycles. The Kier molecular flexibility index (Phi) is 8.53. The van der Waals surface area contributed by atoms with Crippen molar-refractivity contribution in [1.82, 2.24) is 14.6 Å². The Balaban J connectivity index is 1.26. The molecule has 0 bridgehead atoms. The number of amides is 1. The van der Waals surface area contributed by atoms with Crippen LogP contribution in [0.4, 0.5) is 18.9 Å². The molecule has 0 spiro atoms. The molecule has 1 N–H and O–H groups in total. The van der Waals surface area contributed by atoms with Crippen molar-refractivity contribution in [2.75, 3.05) is 38.6 Å². The van der Waals surface area contributed by atoms with Crippen LogP contribution in [0.15, 0.2) is 59.5 Å². The first kappa shape index (κ1) is 30.3. The summed E-state index contributed by atoms with van der Waals surface area (Å²) >= 11 is 0. The van der Waals surface area contributed by atoms with Gasteiger partial charge >= 0.3 is 12.2 Å². The van der Waals surface area contributed by atoms with Gasteiger partial charge < -0.3 is 10.2 Å². The van der Waals surface area contributed by atoms with Crippen LogP contribution < -0.4 is 10.2 Å². The Bertz CT molecular complexity index is 1380. The molecule has 3 fully saturated rings. The molecule has 0 aromatic heterocycles. The molecule has 228 valence electrons. The summed E-state index contributed by atoms with van der Waals surface area (Å²) in [6.45, 7) is 0.825. The average Bonchev–Trinajstić information content (AvgIpc) is 3.28. The van der Waals surface area contributed by atoms with Gasteiger partial charge in [-0.3, -0.25) is 4.79 Å². The van der Waals surface area contributed by atoms with Crippen molar-refractivity contribution in [3.8, 4) is 0 Å². The van der Waals surface area contributed by atoms with Gasteiger partial charge in [0, 0.05) is 39.4 Å². The number of piperidine rings is 2. The number of hydrogen-bond donors (Lipinski definition) is 1. The Labute approximate surface area is 244 Å². The zero-order valence-electron chi connectivity index (χ0n) is 23.7. The number of nitrogens with zero attached hydrogens (tertiary/aromatic N) is 4. The Morgan fingerprint density at radius 3 is 2.19 bits per heavy atom. The van der Waals surface area contributed by atoms with Crippen molar-refractivity contribution in [2.45, 2.75) is 55.4 Å². The number of halogens is 3. The van der Waals surface area contributed by atoms with Gasteiger partial charge in [-0.05, 0) is 67.3 Å². The largest absolute Gasteiger partial charge is 0.460 e. The van der Waals surface area contributed by atoms with E-state index >= 15 is 0 Å². The molecule has 0 saturated carbocycles. The molecule has 5 rings (SSSR count). The van der Waals surface area contributed by atoms with E-state index in [2.05, 4.69) is 5.32 Å². The summed E-state index contributed by atoms with van der Waals surface area (Å²) in [5.74, 6) is -2.26. The number of carbonyl (C=O) groups is 1. The van der Waals surface area contributed by atoms with Gasteiger partial charge in [0.25, 0.3) is 0 Å². The molecule has 9 nitrogen and oxygen atoms in total. The van der Waals surface area contributed by atoms with Gasteiger partial charge in [-0.25, -0.2) is 8.42 Å². The standard InChI is InChI=1S/C29H36F3N5O4S/c1-34(2)23-8-10-24(11-9-23)42(40,41)35-15-12-21(13-16-35)22-14-17-36-25(18-22)26(27(37(36)39)29(30,31)32)28(38)33-19-20-6-4-3-5-7-20/h3-11,21-22,25-27H,12-19H2,1-2H3/p+1. The maximum Gasteiger partial charge on any atom is 0.460 e. The van der Waals surface area contributed by atoms with Crippen molar-refractivity contribution in [2.24, 2.45) is 17.8 Å². The molecule has 42 heavy (non-hydrogen) atoms. The minimum atomic E-state index is -4.87. The van der Waals surface area contributed by atoms with E-state index < -0.39 is 40.1 Å². The number of nitroso groups, excluding NO2 is 1. The highest BCUT2D eigenvalue weighted by molar-refractivity contribution is 7.89. The first-order chi connectivity index (χ1) is 19.9. The van der Waals surface area contributed by atoms with Gasteiger partial charge in [0.1, 0.15) is 16.8 Å². The summed E-state index contributed by atoms with van der Waals surface area (Å²) < 4.78 is 70.4. The van der Waals surface area contributed by atoms with Crippen LogP contribution >= 0.6 is 0 Å². The summed E-state index contributed by atoms with van der Waals surface area (Å²) in [7, 11) is 0.0807. The lowest BCUT2D eigenvalue weighted by molar-refractivity contribution is -0.735. The smallest absolute Gasteiger partial charge is 0.378 e. The fraction of sp³-hybridized carbons (Fsp3) is 0.552. The topological polar surface area (TPSA) is 93.0 Å². The van der Waals surface area contributed by atoms with Gasteiger partial charge in [0.15, 0.2) is 0 Å². The van der Waals surface area contributed by atoms with Gasteiger partial charge in [-0.2, -0.15) is 17.5 Å². The zero-order chi connectivity index (χ0) is 30.2. The number of hydrazine groups is 1. The van der Waals surface area contributed by atoms with Crippen molar-refractivity contribution >= 4 is 21.6 Å². The van der Waals surface area contributed by atoms with Crippen LogP contribution in [0.1, 0.15) is 31.2 Å². The summed E-state index contributed by atoms with van der Waals surface area (Å²) in [5, 5.41) is 3.81. The van der Waals surface area contributed by atoms with Crippen molar-refractivity contribution in [3.05, 3.63) is 65.1 Å². The van der Waals surface area contributed by atoms with Crippen LogP contribution in [-0.4, -0.2) is 80.5 Å². The van der Waals surface area contributed by atoms with E-state index in [1.807, 2.05) is 19.0 Å². The molecule has 13 heteroatoms. The minimum Gasteiger partial charge on any atom is -0.378 e. The number of rotatable bonds is 7. The van der Waals surface area contributed by atoms with Crippen molar-refractivity contribution in [1.29, 1.82) is 0 Å². The number of sulfonamides is 1. The fourth-order valence-electron chi connectivity index (χ4n) is 6.73. The summed E-state index contributed by atoms with van der Waals surface area (Å²) in [5.41, 5.74) is 1.64.